The minimum absolute atomic E-state index is 0.369. The van der Waals surface area contributed by atoms with Crippen molar-refractivity contribution in [1.29, 1.82) is 0 Å². The number of ketones is 1. The number of para-hydroxylation sites is 1. The Bertz CT molecular complexity index is 1240. The number of benzene rings is 2. The van der Waals surface area contributed by atoms with Crippen LogP contribution in [0.1, 0.15) is 24.2 Å². The van der Waals surface area contributed by atoms with Crippen LogP contribution in [0.3, 0.4) is 0 Å². The van der Waals surface area contributed by atoms with E-state index in [1.54, 1.807) is 13.8 Å². The number of imide groups is 1. The van der Waals surface area contributed by atoms with Gasteiger partial charge in [-0.1, -0.05) is 48.5 Å². The fourth-order valence-electron chi connectivity index (χ4n) is 3.96. The normalized spacial score (nSPS) is 15.2. The second-order valence-electron chi connectivity index (χ2n) is 8.20. The number of Topliss-reactive ketones (excluding diaryl/α,β-unsaturated/α-hetero) is 1. The summed E-state index contributed by atoms with van der Waals surface area (Å²) in [5.74, 6) is -1.72. The van der Waals surface area contributed by atoms with Gasteiger partial charge in [-0.25, -0.2) is 4.79 Å². The van der Waals surface area contributed by atoms with E-state index in [9.17, 15) is 19.2 Å². The molecule has 1 N–H and O–H groups in total. The van der Waals surface area contributed by atoms with Crippen molar-refractivity contribution in [1.82, 2.24) is 14.8 Å². The first kappa shape index (κ1) is 21.3. The number of aryl methyl sites for hydroxylation is 1. The van der Waals surface area contributed by atoms with Gasteiger partial charge in [-0.05, 0) is 25.5 Å². The number of amides is 3. The summed E-state index contributed by atoms with van der Waals surface area (Å²) in [5.41, 5.74) is 1.84. The van der Waals surface area contributed by atoms with Gasteiger partial charge in [-0.2, -0.15) is 0 Å². The van der Waals surface area contributed by atoms with E-state index in [2.05, 4.69) is 5.32 Å². The number of carbonyl (C=O) groups is 4. The number of rotatable bonds is 6. The number of nitrogens with zero attached hydrogens (tertiary/aromatic N) is 2. The van der Waals surface area contributed by atoms with Crippen molar-refractivity contribution in [2.24, 2.45) is 7.05 Å². The van der Waals surface area contributed by atoms with Gasteiger partial charge in [-0.3, -0.25) is 19.3 Å². The lowest BCUT2D eigenvalue weighted by atomic mass is 10.0. The zero-order chi connectivity index (χ0) is 23.0. The van der Waals surface area contributed by atoms with Crippen LogP contribution >= 0.6 is 0 Å². The molecule has 0 bridgehead atoms. The van der Waals surface area contributed by atoms with E-state index in [1.165, 1.54) is 0 Å². The number of urea groups is 1. The monoisotopic (exact) mass is 433 g/mol. The molecule has 0 aliphatic carbocycles. The Kier molecular flexibility index (Phi) is 5.30. The number of aromatic nitrogens is 1. The number of ether oxygens (including phenoxy) is 1. The summed E-state index contributed by atoms with van der Waals surface area (Å²) in [7, 11) is 1.88. The average Bonchev–Trinajstić information content (AvgIpc) is 3.17. The molecule has 0 spiro atoms. The van der Waals surface area contributed by atoms with Gasteiger partial charge in [0.05, 0.1) is 11.3 Å². The number of hydrogen-bond donors (Lipinski definition) is 1. The number of nitrogens with one attached hydrogen (secondary N) is 1. The number of esters is 1. The molecule has 2 heterocycles. The van der Waals surface area contributed by atoms with Crippen molar-refractivity contribution in [3.63, 3.8) is 0 Å². The minimum Gasteiger partial charge on any atom is -0.456 e. The van der Waals surface area contributed by atoms with Crippen molar-refractivity contribution >= 4 is 34.6 Å². The molecule has 1 fully saturated rings. The second kappa shape index (κ2) is 7.96. The van der Waals surface area contributed by atoms with Gasteiger partial charge < -0.3 is 14.6 Å². The Labute approximate surface area is 184 Å². The van der Waals surface area contributed by atoms with Crippen LogP contribution in [0.15, 0.2) is 54.6 Å². The molecule has 164 valence electrons. The van der Waals surface area contributed by atoms with Crippen molar-refractivity contribution in [2.45, 2.75) is 19.4 Å². The maximum atomic E-state index is 13.2. The summed E-state index contributed by atoms with van der Waals surface area (Å²) in [6, 6.07) is 16.4. The molecule has 1 aliphatic heterocycles. The number of hydrogen-bond acceptors (Lipinski definition) is 5. The van der Waals surface area contributed by atoms with Gasteiger partial charge in [0.15, 0.2) is 6.61 Å². The molecule has 0 radical (unpaired) electrons. The van der Waals surface area contributed by atoms with Crippen LogP contribution in [-0.2, 0) is 21.4 Å². The van der Waals surface area contributed by atoms with E-state index in [1.807, 2.05) is 66.2 Å². The van der Waals surface area contributed by atoms with Crippen molar-refractivity contribution in [3.8, 4) is 11.3 Å². The molecule has 1 aliphatic rings. The molecule has 0 saturated carbocycles. The summed E-state index contributed by atoms with van der Waals surface area (Å²) in [4.78, 5) is 50.5. The van der Waals surface area contributed by atoms with Gasteiger partial charge in [0.25, 0.3) is 5.91 Å². The topological polar surface area (TPSA) is 97.7 Å². The Morgan fingerprint density at radius 1 is 1.00 bits per heavy atom. The van der Waals surface area contributed by atoms with Crippen LogP contribution < -0.4 is 5.32 Å². The van der Waals surface area contributed by atoms with Crippen LogP contribution in [0, 0.1) is 0 Å². The Morgan fingerprint density at radius 2 is 1.66 bits per heavy atom. The molecule has 32 heavy (non-hydrogen) atoms. The highest BCUT2D eigenvalue weighted by atomic mass is 16.5. The quantitative estimate of drug-likeness (QED) is 0.366. The summed E-state index contributed by atoms with van der Waals surface area (Å²) < 4.78 is 7.10. The zero-order valence-electron chi connectivity index (χ0n) is 18.0. The lowest BCUT2D eigenvalue weighted by Gasteiger charge is -2.15. The van der Waals surface area contributed by atoms with Gasteiger partial charge in [0.2, 0.25) is 5.78 Å². The van der Waals surface area contributed by atoms with Crippen LogP contribution in [0.5, 0.6) is 0 Å². The highest BCUT2D eigenvalue weighted by Crippen LogP contribution is 2.33. The van der Waals surface area contributed by atoms with E-state index in [4.69, 9.17) is 4.74 Å². The van der Waals surface area contributed by atoms with Crippen LogP contribution in [0.2, 0.25) is 0 Å². The summed E-state index contributed by atoms with van der Waals surface area (Å²) in [6.07, 6.45) is 0. The van der Waals surface area contributed by atoms with Crippen molar-refractivity contribution in [3.05, 3.63) is 60.2 Å². The average molecular weight is 433 g/mol. The Morgan fingerprint density at radius 3 is 2.31 bits per heavy atom. The predicted molar refractivity (Wildman–Crippen MR) is 118 cm³/mol. The first-order valence-electron chi connectivity index (χ1n) is 10.2. The SMILES string of the molecule is Cn1c(-c2ccccc2)c(C(=O)COC(=O)CN2C(=O)NC(C)(C)C2=O)c2ccccc21. The number of carbonyl (C=O) groups excluding carboxylic acids is 4. The second-order valence-corrected chi connectivity index (χ2v) is 8.20. The third kappa shape index (κ3) is 3.64. The van der Waals surface area contributed by atoms with E-state index in [0.29, 0.717) is 5.56 Å². The Balaban J connectivity index is 1.57. The van der Waals surface area contributed by atoms with Gasteiger partial charge >= 0.3 is 12.0 Å². The predicted octanol–water partition coefficient (Wildman–Crippen LogP) is 2.90. The molecule has 2 aromatic carbocycles. The summed E-state index contributed by atoms with van der Waals surface area (Å²) in [6.45, 7) is 2.05. The largest absolute Gasteiger partial charge is 0.456 e. The molecule has 3 aromatic rings. The van der Waals surface area contributed by atoms with Crippen LogP contribution in [0.4, 0.5) is 4.79 Å². The smallest absolute Gasteiger partial charge is 0.326 e. The molecule has 0 atom stereocenters. The molecular formula is C24H23N3O5. The molecule has 1 saturated heterocycles. The molecule has 8 nitrogen and oxygen atoms in total. The van der Waals surface area contributed by atoms with E-state index >= 15 is 0 Å². The van der Waals surface area contributed by atoms with E-state index in [-0.39, 0.29) is 5.78 Å². The first-order valence-corrected chi connectivity index (χ1v) is 10.2. The van der Waals surface area contributed by atoms with Gasteiger partial charge in [0, 0.05) is 18.0 Å². The van der Waals surface area contributed by atoms with Crippen LogP contribution in [0.25, 0.3) is 22.2 Å². The van der Waals surface area contributed by atoms with Crippen molar-refractivity contribution in [2.75, 3.05) is 13.2 Å². The third-order valence-corrected chi connectivity index (χ3v) is 5.53. The molecule has 3 amide bonds. The maximum Gasteiger partial charge on any atom is 0.326 e. The molecule has 8 heteroatoms. The zero-order valence-corrected chi connectivity index (χ0v) is 18.0. The summed E-state index contributed by atoms with van der Waals surface area (Å²) >= 11 is 0. The van der Waals surface area contributed by atoms with E-state index in [0.717, 1.165) is 27.1 Å². The molecule has 4 rings (SSSR count). The lowest BCUT2D eigenvalue weighted by molar-refractivity contribution is -0.146. The van der Waals surface area contributed by atoms with Crippen molar-refractivity contribution < 1.29 is 23.9 Å². The third-order valence-electron chi connectivity index (χ3n) is 5.53. The lowest BCUT2D eigenvalue weighted by Crippen LogP contribution is -2.41. The Hall–Kier alpha value is -3.94. The van der Waals surface area contributed by atoms with Gasteiger partial charge in [-0.15, -0.1) is 0 Å². The van der Waals surface area contributed by atoms with Crippen LogP contribution in [-0.4, -0.2) is 51.8 Å². The molecule has 0 unspecified atom stereocenters. The maximum absolute atomic E-state index is 13.2. The standard InChI is InChI=1S/C24H23N3O5/c1-24(2)22(30)27(23(31)25-24)13-19(29)32-14-18(28)20-16-11-7-8-12-17(16)26(3)21(20)15-9-5-4-6-10-15/h4-12H,13-14H2,1-3H3,(H,25,31). The highest BCUT2D eigenvalue weighted by Gasteiger charge is 2.45. The minimum atomic E-state index is -1.08. The fraction of sp³-hybridized carbons (Fsp3) is 0.250. The number of fused-ring (bicyclic) bond motifs is 1. The van der Waals surface area contributed by atoms with Gasteiger partial charge in [0.1, 0.15) is 12.1 Å². The molecule has 1 aromatic heterocycles. The first-order chi connectivity index (χ1) is 15.2. The summed E-state index contributed by atoms with van der Waals surface area (Å²) in [5, 5.41) is 3.25. The molecular weight excluding hydrogens is 410 g/mol. The fourth-order valence-corrected chi connectivity index (χ4v) is 3.96. The van der Waals surface area contributed by atoms with E-state index < -0.39 is 36.6 Å². The highest BCUT2D eigenvalue weighted by molar-refractivity contribution is 6.14.